The molecule has 0 N–H and O–H groups in total. The second-order valence-electron chi connectivity index (χ2n) is 2.42. The molecule has 1 unspecified atom stereocenters. The summed E-state index contributed by atoms with van der Waals surface area (Å²) in [4.78, 5) is 2.60. The van der Waals surface area contributed by atoms with Gasteiger partial charge in [0, 0.05) is 12.7 Å². The van der Waals surface area contributed by atoms with Crippen LogP contribution in [0.4, 0.5) is 17.3 Å². The molecule has 1 heterocycles. The topological polar surface area (TPSA) is 3.24 Å². The van der Waals surface area contributed by atoms with Crippen molar-refractivity contribution in [3.8, 4) is 0 Å². The Morgan fingerprint density at radius 1 is 1.36 bits per heavy atom. The van der Waals surface area contributed by atoms with Crippen LogP contribution in [0.5, 0.6) is 0 Å². The highest BCUT2D eigenvalue weighted by Crippen LogP contribution is 2.12. The number of nitrogens with zero attached hydrogens (tertiary/aromatic N) is 1. The van der Waals surface area contributed by atoms with Gasteiger partial charge in [-0.05, 0) is 13.0 Å². The van der Waals surface area contributed by atoms with Crippen LogP contribution in [0.15, 0.2) is 24.4 Å². The van der Waals surface area contributed by atoms with Gasteiger partial charge in [0.15, 0.2) is 0 Å². The molecule has 0 aliphatic carbocycles. The number of alkyl halides is 1. The van der Waals surface area contributed by atoms with Crippen LogP contribution in [0, 0.1) is 0 Å². The van der Waals surface area contributed by atoms with E-state index >= 15 is 0 Å². The highest BCUT2D eigenvalue weighted by atomic mass is 79.9. The fourth-order valence-electron chi connectivity index (χ4n) is 0.789. The minimum Gasteiger partial charge on any atom is -0.418 e. The smallest absolute Gasteiger partial charge is 0.418 e. The predicted molar refractivity (Wildman–Crippen MR) is 54.7 cm³/mol. The van der Waals surface area contributed by atoms with Crippen molar-refractivity contribution < 1.29 is 18.7 Å². The van der Waals surface area contributed by atoms with E-state index in [2.05, 4.69) is 40.0 Å². The Morgan fingerprint density at radius 2 is 1.86 bits per heavy atom. The molecule has 0 saturated heterocycles. The van der Waals surface area contributed by atoms with E-state index in [4.69, 9.17) is 0 Å². The number of likely N-dealkylation sites (N-methyl/N-ethyl adjacent to an activating group) is 1. The molecular weight excluding hydrogens is 265 g/mol. The first kappa shape index (κ1) is 13.5. The Hall–Kier alpha value is -0.455. The van der Waals surface area contributed by atoms with Crippen LogP contribution in [0.2, 0.25) is 0 Å². The van der Waals surface area contributed by atoms with Gasteiger partial charge in [-0.1, -0.05) is 28.1 Å². The number of hydrogen-bond donors (Lipinski definition) is 0. The maximum atomic E-state index is 9.75. The Bertz CT molecular complexity index is 216. The molecule has 82 valence electrons. The third kappa shape index (κ3) is 8.16. The van der Waals surface area contributed by atoms with Gasteiger partial charge in [0.1, 0.15) is 4.95 Å². The van der Waals surface area contributed by atoms with Crippen molar-refractivity contribution in [2.75, 3.05) is 6.54 Å². The molecule has 0 radical (unpaired) electrons. The van der Waals surface area contributed by atoms with Crippen molar-refractivity contribution in [3.05, 3.63) is 24.4 Å². The third-order valence-corrected chi connectivity index (χ3v) is 2.17. The monoisotopic (exact) mass is 275 g/mol. The normalized spacial score (nSPS) is 20.4. The first-order valence-electron chi connectivity index (χ1n) is 3.96. The Balaban J connectivity index is 0. The molecule has 0 bridgehead atoms. The molecule has 0 aromatic rings. The number of hydrogen-bond acceptors (Lipinski definition) is 1. The van der Waals surface area contributed by atoms with Crippen molar-refractivity contribution in [1.82, 2.24) is 4.90 Å². The lowest BCUT2D eigenvalue weighted by molar-refractivity contribution is 0.368. The predicted octanol–water partition coefficient (Wildman–Crippen LogP) is 3.53. The second kappa shape index (κ2) is 6.11. The van der Waals surface area contributed by atoms with E-state index in [0.717, 1.165) is 6.54 Å². The maximum Gasteiger partial charge on any atom is 1.00 e. The lowest BCUT2D eigenvalue weighted by atomic mass is 10.3. The minimum absolute atomic E-state index is 0. The van der Waals surface area contributed by atoms with Gasteiger partial charge in [0.05, 0.1) is 0 Å². The Morgan fingerprint density at radius 3 is 2.14 bits per heavy atom. The van der Waals surface area contributed by atoms with Crippen LogP contribution < -0.4 is 0 Å². The second-order valence-corrected chi connectivity index (χ2v) is 3.36. The summed E-state index contributed by atoms with van der Waals surface area (Å²) in [7, 11) is -6.00. The average Bonchev–Trinajstić information content (AvgIpc) is 2.02. The summed E-state index contributed by atoms with van der Waals surface area (Å²) in [5.74, 6) is 0. The van der Waals surface area contributed by atoms with Crippen LogP contribution >= 0.6 is 15.9 Å². The Kier molecular flexibility index (Phi) is 5.91. The minimum atomic E-state index is -6.00. The molecule has 1 rings (SSSR count). The molecule has 0 aromatic heterocycles. The zero-order valence-corrected chi connectivity index (χ0v) is 9.09. The van der Waals surface area contributed by atoms with Crippen molar-refractivity contribution in [3.63, 3.8) is 0 Å². The zero-order chi connectivity index (χ0) is 11.2. The number of rotatable bonds is 1. The maximum absolute atomic E-state index is 9.75. The van der Waals surface area contributed by atoms with Gasteiger partial charge >= 0.3 is 8.68 Å². The molecule has 7 heteroatoms. The lowest BCUT2D eigenvalue weighted by Gasteiger charge is -2.23. The molecule has 1 aliphatic rings. The molecule has 14 heavy (non-hydrogen) atoms. The van der Waals surface area contributed by atoms with Gasteiger partial charge in [-0.3, -0.25) is 0 Å². The van der Waals surface area contributed by atoms with Gasteiger partial charge in [0.25, 0.3) is 0 Å². The van der Waals surface area contributed by atoms with E-state index in [1.165, 1.54) is 0 Å². The van der Waals surface area contributed by atoms with Crippen molar-refractivity contribution in [2.45, 2.75) is 11.9 Å². The molecule has 1 atom stereocenters. The van der Waals surface area contributed by atoms with Gasteiger partial charge in [-0.15, -0.1) is 0 Å². The number of halogens is 5. The van der Waals surface area contributed by atoms with E-state index in [-0.39, 0.29) is 1.43 Å². The van der Waals surface area contributed by atoms with Gasteiger partial charge in [-0.25, -0.2) is 0 Å². The van der Waals surface area contributed by atoms with Gasteiger partial charge < -0.3 is 22.2 Å². The fraction of sp³-hybridized carbons (Fsp3) is 0.429. The average molecular weight is 276 g/mol. The summed E-state index contributed by atoms with van der Waals surface area (Å²) in [6.45, 7) is 3.19. The zero-order valence-electron chi connectivity index (χ0n) is 8.51. The standard InChI is InChI=1S/C7H10BrN.BF4/c1-2-9-6-4-3-5-7(9)8;2-1(3,4)5/h3-7H,2H2,1H3;/q;-1/p+1. The molecule has 0 aromatic carbocycles. The summed E-state index contributed by atoms with van der Waals surface area (Å²) in [6.07, 6.45) is 8.29. The van der Waals surface area contributed by atoms with Crippen molar-refractivity contribution in [2.24, 2.45) is 0 Å². The van der Waals surface area contributed by atoms with E-state index in [1.807, 2.05) is 12.2 Å². The van der Waals surface area contributed by atoms with Crippen LogP contribution in [-0.2, 0) is 0 Å². The van der Waals surface area contributed by atoms with Crippen LogP contribution in [0.3, 0.4) is 0 Å². The first-order valence-corrected chi connectivity index (χ1v) is 4.88. The summed E-state index contributed by atoms with van der Waals surface area (Å²) in [5.41, 5.74) is 0. The molecule has 0 spiro atoms. The van der Waals surface area contributed by atoms with Crippen LogP contribution in [0.1, 0.15) is 8.35 Å². The number of allylic oxidation sites excluding steroid dienone is 2. The molecule has 0 saturated carbocycles. The van der Waals surface area contributed by atoms with Crippen LogP contribution in [0.25, 0.3) is 0 Å². The summed E-state index contributed by atoms with van der Waals surface area (Å²) in [6, 6.07) is 0. The lowest BCUT2D eigenvalue weighted by Crippen LogP contribution is -2.24. The molecule has 1 nitrogen and oxygen atoms in total. The van der Waals surface area contributed by atoms with E-state index in [1.54, 1.807) is 0 Å². The molecule has 0 amide bonds. The highest BCUT2D eigenvalue weighted by molar-refractivity contribution is 9.09. The van der Waals surface area contributed by atoms with E-state index < -0.39 is 7.25 Å². The third-order valence-electron chi connectivity index (χ3n) is 1.34. The quantitative estimate of drug-likeness (QED) is 0.306. The SMILES string of the molecule is CCN1C=CC=CC1Br.F[B-](F)(F)F.[H+]. The van der Waals surface area contributed by atoms with Gasteiger partial charge in [0.2, 0.25) is 0 Å². The van der Waals surface area contributed by atoms with E-state index in [9.17, 15) is 17.3 Å². The molecular formula is C7H11BBrF4N. The fourth-order valence-corrected chi connectivity index (χ4v) is 1.39. The highest BCUT2D eigenvalue weighted by Gasteiger charge is 2.20. The largest absolute Gasteiger partial charge is 1.00 e. The van der Waals surface area contributed by atoms with Crippen molar-refractivity contribution >= 4 is 23.2 Å². The molecule has 1 aliphatic heterocycles. The van der Waals surface area contributed by atoms with Crippen LogP contribution in [-0.4, -0.2) is 23.7 Å². The van der Waals surface area contributed by atoms with Crippen molar-refractivity contribution in [1.29, 1.82) is 0 Å². The summed E-state index contributed by atoms with van der Waals surface area (Å²) < 4.78 is 39.0. The molecule has 0 fully saturated rings. The summed E-state index contributed by atoms with van der Waals surface area (Å²) in [5, 5.41) is 0. The van der Waals surface area contributed by atoms with E-state index in [0.29, 0.717) is 4.95 Å². The Labute approximate surface area is 90.2 Å². The summed E-state index contributed by atoms with van der Waals surface area (Å²) >= 11 is 3.50. The first-order chi connectivity index (χ1) is 6.34. The van der Waals surface area contributed by atoms with Gasteiger partial charge in [-0.2, -0.15) is 0 Å².